The summed E-state index contributed by atoms with van der Waals surface area (Å²) in [5, 5.41) is 3.25. The van der Waals surface area contributed by atoms with Gasteiger partial charge in [0, 0.05) is 45.9 Å². The number of aliphatic imine (C=N–C) groups is 1. The van der Waals surface area contributed by atoms with Gasteiger partial charge in [-0.05, 0) is 25.0 Å². The highest BCUT2D eigenvalue weighted by molar-refractivity contribution is 5.82. The summed E-state index contributed by atoms with van der Waals surface area (Å²) in [6.07, 6.45) is 1.53. The van der Waals surface area contributed by atoms with Crippen molar-refractivity contribution in [2.75, 3.05) is 53.0 Å². The second kappa shape index (κ2) is 9.55. The van der Waals surface area contributed by atoms with Crippen LogP contribution >= 0.6 is 0 Å². The number of ether oxygens (including phenoxy) is 2. The molecule has 1 N–H and O–H groups in total. The number of carbonyl (C=O) groups excluding carboxylic acids is 1. The normalized spacial score (nSPS) is 20.7. The van der Waals surface area contributed by atoms with Crippen molar-refractivity contribution in [1.82, 2.24) is 15.1 Å². The van der Waals surface area contributed by atoms with Crippen LogP contribution in [0.15, 0.2) is 29.3 Å². The van der Waals surface area contributed by atoms with Crippen LogP contribution in [0.2, 0.25) is 0 Å². The molecular formula is C19H27FN4O3. The number of hydrogen-bond donors (Lipinski definition) is 1. The zero-order valence-corrected chi connectivity index (χ0v) is 15.7. The number of rotatable bonds is 5. The van der Waals surface area contributed by atoms with E-state index in [-0.39, 0.29) is 17.8 Å². The number of nitrogens with zero attached hydrogens (tertiary/aromatic N) is 3. The van der Waals surface area contributed by atoms with E-state index < -0.39 is 0 Å². The van der Waals surface area contributed by atoms with E-state index in [9.17, 15) is 9.18 Å². The van der Waals surface area contributed by atoms with E-state index in [2.05, 4.69) is 15.2 Å². The molecule has 1 unspecified atom stereocenters. The third kappa shape index (κ3) is 5.32. The van der Waals surface area contributed by atoms with Crippen LogP contribution in [0.4, 0.5) is 4.39 Å². The van der Waals surface area contributed by atoms with Gasteiger partial charge in [-0.25, -0.2) is 4.39 Å². The van der Waals surface area contributed by atoms with Gasteiger partial charge in [0.1, 0.15) is 24.3 Å². The van der Waals surface area contributed by atoms with E-state index in [0.717, 1.165) is 31.9 Å². The smallest absolute Gasteiger partial charge is 0.251 e. The first-order valence-corrected chi connectivity index (χ1v) is 9.42. The molecule has 7 nitrogen and oxygen atoms in total. The maximum Gasteiger partial charge on any atom is 0.251 e. The fraction of sp³-hybridized carbons (Fsp3) is 0.579. The number of amides is 1. The van der Waals surface area contributed by atoms with Crippen LogP contribution in [-0.4, -0.2) is 80.8 Å². The van der Waals surface area contributed by atoms with Crippen LogP contribution in [0.25, 0.3) is 0 Å². The summed E-state index contributed by atoms with van der Waals surface area (Å²) >= 11 is 0. The van der Waals surface area contributed by atoms with E-state index in [1.54, 1.807) is 19.2 Å². The highest BCUT2D eigenvalue weighted by Gasteiger charge is 2.30. The molecule has 8 heteroatoms. The van der Waals surface area contributed by atoms with E-state index in [1.165, 1.54) is 12.1 Å². The van der Waals surface area contributed by atoms with Crippen molar-refractivity contribution in [2.45, 2.75) is 18.9 Å². The minimum absolute atomic E-state index is 0.110. The second-order valence-corrected chi connectivity index (χ2v) is 6.59. The van der Waals surface area contributed by atoms with E-state index in [0.29, 0.717) is 38.6 Å². The van der Waals surface area contributed by atoms with Gasteiger partial charge in [-0.3, -0.25) is 9.79 Å². The van der Waals surface area contributed by atoms with Gasteiger partial charge in [-0.1, -0.05) is 6.07 Å². The summed E-state index contributed by atoms with van der Waals surface area (Å²) < 4.78 is 24.2. The molecule has 2 aliphatic rings. The van der Waals surface area contributed by atoms with Crippen LogP contribution in [0.5, 0.6) is 5.75 Å². The topological polar surface area (TPSA) is 66.4 Å². The Balaban J connectivity index is 1.39. The molecule has 0 aliphatic carbocycles. The lowest BCUT2D eigenvalue weighted by atomic mass is 10.2. The van der Waals surface area contributed by atoms with Crippen LogP contribution in [0.1, 0.15) is 12.8 Å². The standard InChI is InChI=1S/C19H27FN4O3/c1-21-19(22-7-13-26-16-5-2-4-15(20)14-16)24-10-8-23(9-11-24)18(25)17-6-3-12-27-17/h2,4-5,14,17H,3,6-13H2,1H3,(H,21,22). The maximum atomic E-state index is 13.1. The number of carbonyl (C=O) groups is 1. The Morgan fingerprint density at radius 3 is 2.78 bits per heavy atom. The van der Waals surface area contributed by atoms with Crippen LogP contribution < -0.4 is 10.1 Å². The predicted octanol–water partition coefficient (Wildman–Crippen LogP) is 1.10. The van der Waals surface area contributed by atoms with Gasteiger partial charge in [0.15, 0.2) is 5.96 Å². The summed E-state index contributed by atoms with van der Waals surface area (Å²) in [4.78, 5) is 20.7. The van der Waals surface area contributed by atoms with Gasteiger partial charge in [-0.2, -0.15) is 0 Å². The lowest BCUT2D eigenvalue weighted by molar-refractivity contribution is -0.142. The SMILES string of the molecule is CN=C(NCCOc1cccc(F)c1)N1CCN(C(=O)C2CCCO2)CC1. The van der Waals surface area contributed by atoms with E-state index >= 15 is 0 Å². The number of piperazine rings is 1. The number of guanidine groups is 1. The molecule has 1 amide bonds. The minimum atomic E-state index is -0.313. The molecule has 3 rings (SSSR count). The number of nitrogens with one attached hydrogen (secondary N) is 1. The average molecular weight is 378 g/mol. The molecule has 1 atom stereocenters. The first-order valence-electron chi connectivity index (χ1n) is 9.42. The Morgan fingerprint density at radius 2 is 2.11 bits per heavy atom. The molecule has 0 radical (unpaired) electrons. The van der Waals surface area contributed by atoms with Crippen molar-refractivity contribution in [1.29, 1.82) is 0 Å². The van der Waals surface area contributed by atoms with Crippen molar-refractivity contribution in [3.63, 3.8) is 0 Å². The summed E-state index contributed by atoms with van der Waals surface area (Å²) in [5.74, 6) is 1.08. The number of halogens is 1. The Labute approximate surface area is 159 Å². The molecule has 27 heavy (non-hydrogen) atoms. The Hall–Kier alpha value is -2.35. The minimum Gasteiger partial charge on any atom is -0.492 e. The molecule has 0 saturated carbocycles. The summed E-state index contributed by atoms with van der Waals surface area (Å²) in [7, 11) is 1.74. The highest BCUT2D eigenvalue weighted by atomic mass is 19.1. The third-order valence-electron chi connectivity index (χ3n) is 4.76. The Kier molecular flexibility index (Phi) is 6.86. The van der Waals surface area contributed by atoms with E-state index in [1.807, 2.05) is 4.90 Å². The van der Waals surface area contributed by atoms with Gasteiger partial charge in [0.25, 0.3) is 5.91 Å². The fourth-order valence-corrected chi connectivity index (χ4v) is 3.34. The monoisotopic (exact) mass is 378 g/mol. The third-order valence-corrected chi connectivity index (χ3v) is 4.76. The summed E-state index contributed by atoms with van der Waals surface area (Å²) in [6, 6.07) is 6.09. The van der Waals surface area contributed by atoms with Crippen molar-refractivity contribution in [3.05, 3.63) is 30.1 Å². The molecule has 2 fully saturated rings. The second-order valence-electron chi connectivity index (χ2n) is 6.59. The van der Waals surface area contributed by atoms with Gasteiger partial charge in [-0.15, -0.1) is 0 Å². The van der Waals surface area contributed by atoms with Crippen molar-refractivity contribution in [3.8, 4) is 5.75 Å². The molecule has 1 aromatic rings. The molecule has 148 valence electrons. The zero-order chi connectivity index (χ0) is 19.1. The van der Waals surface area contributed by atoms with Gasteiger partial charge < -0.3 is 24.6 Å². The summed E-state index contributed by atoms with van der Waals surface area (Å²) in [5.41, 5.74) is 0. The predicted molar refractivity (Wildman–Crippen MR) is 100 cm³/mol. The molecule has 2 saturated heterocycles. The molecular weight excluding hydrogens is 351 g/mol. The Bertz CT molecular complexity index is 656. The molecule has 0 aromatic heterocycles. The molecule has 0 spiro atoms. The van der Waals surface area contributed by atoms with Gasteiger partial charge >= 0.3 is 0 Å². The van der Waals surface area contributed by atoms with Crippen molar-refractivity contribution in [2.24, 2.45) is 4.99 Å². The lowest BCUT2D eigenvalue weighted by Gasteiger charge is -2.37. The van der Waals surface area contributed by atoms with Gasteiger partial charge in [0.2, 0.25) is 0 Å². The molecule has 0 bridgehead atoms. The lowest BCUT2D eigenvalue weighted by Crippen LogP contribution is -2.55. The number of benzene rings is 1. The first kappa shape index (κ1) is 19.4. The fourth-order valence-electron chi connectivity index (χ4n) is 3.34. The molecule has 1 aromatic carbocycles. The van der Waals surface area contributed by atoms with Crippen LogP contribution in [0, 0.1) is 5.82 Å². The van der Waals surface area contributed by atoms with Crippen LogP contribution in [0.3, 0.4) is 0 Å². The molecule has 2 heterocycles. The van der Waals surface area contributed by atoms with Crippen LogP contribution in [-0.2, 0) is 9.53 Å². The van der Waals surface area contributed by atoms with E-state index in [4.69, 9.17) is 9.47 Å². The van der Waals surface area contributed by atoms with Crippen molar-refractivity contribution < 1.29 is 18.7 Å². The molecule has 2 aliphatic heterocycles. The average Bonchev–Trinajstić information content (AvgIpc) is 3.23. The maximum absolute atomic E-state index is 13.1. The van der Waals surface area contributed by atoms with Crippen molar-refractivity contribution >= 4 is 11.9 Å². The number of hydrogen-bond acceptors (Lipinski definition) is 4. The first-order chi connectivity index (χ1) is 13.2. The summed E-state index contributed by atoms with van der Waals surface area (Å²) in [6.45, 7) is 4.42. The highest BCUT2D eigenvalue weighted by Crippen LogP contribution is 2.16. The van der Waals surface area contributed by atoms with Gasteiger partial charge in [0.05, 0.1) is 6.54 Å². The zero-order valence-electron chi connectivity index (χ0n) is 15.7. The largest absolute Gasteiger partial charge is 0.492 e. The quantitative estimate of drug-likeness (QED) is 0.472. The Morgan fingerprint density at radius 1 is 1.33 bits per heavy atom.